The van der Waals surface area contributed by atoms with E-state index in [-0.39, 0.29) is 11.3 Å². The molecule has 0 fully saturated rings. The van der Waals surface area contributed by atoms with E-state index in [1.54, 1.807) is 0 Å². The molecular weight excluding hydrogens is 379 g/mol. The molecule has 1 heterocycles. The predicted octanol–water partition coefficient (Wildman–Crippen LogP) is 4.66. The Morgan fingerprint density at radius 3 is 1.81 bits per heavy atom. The van der Waals surface area contributed by atoms with Crippen LogP contribution < -0.4 is 5.73 Å². The maximum Gasteiger partial charge on any atom is 0.389 e. The molecule has 0 amide bonds. The number of hydrogen-bond donors (Lipinski definition) is 1. The van der Waals surface area contributed by atoms with Crippen LogP contribution in [0.25, 0.3) is 0 Å². The highest BCUT2D eigenvalue weighted by Gasteiger charge is 2.61. The van der Waals surface area contributed by atoms with Crippen molar-refractivity contribution >= 4 is 39.7 Å². The van der Waals surface area contributed by atoms with Crippen molar-refractivity contribution < 1.29 is 35.1 Å². The standard InChI is InChI=1S/C8H4Cl2F8N2S/c9-7(15,16)5(11,12)1-2-3(21-4(19)20-2)6(13,14)8(10,17)18/h1H2,(H2,19,20). The molecule has 21 heavy (non-hydrogen) atoms. The first-order valence-corrected chi connectivity index (χ1v) is 6.31. The molecule has 13 heteroatoms. The van der Waals surface area contributed by atoms with Crippen LogP contribution in [-0.2, 0) is 12.3 Å². The summed E-state index contributed by atoms with van der Waals surface area (Å²) in [5, 5.41) is -11.0. The van der Waals surface area contributed by atoms with Gasteiger partial charge in [-0.15, -0.1) is 0 Å². The number of nitrogens with two attached hydrogens (primary N) is 1. The molecule has 0 aliphatic heterocycles. The van der Waals surface area contributed by atoms with Crippen molar-refractivity contribution in [3.8, 4) is 0 Å². The third-order valence-corrected chi connectivity index (χ3v) is 3.67. The highest BCUT2D eigenvalue weighted by Crippen LogP contribution is 2.50. The molecule has 0 unspecified atom stereocenters. The number of nitrogens with zero attached hydrogens (tertiary/aromatic N) is 1. The van der Waals surface area contributed by atoms with E-state index in [1.807, 2.05) is 0 Å². The lowest BCUT2D eigenvalue weighted by Gasteiger charge is -2.23. The maximum absolute atomic E-state index is 13.4. The van der Waals surface area contributed by atoms with E-state index in [2.05, 4.69) is 28.2 Å². The number of anilines is 1. The van der Waals surface area contributed by atoms with E-state index in [9.17, 15) is 35.1 Å². The Kier molecular flexibility index (Phi) is 4.64. The van der Waals surface area contributed by atoms with Gasteiger partial charge < -0.3 is 5.73 Å². The summed E-state index contributed by atoms with van der Waals surface area (Å²) in [6.07, 6.45) is -2.12. The topological polar surface area (TPSA) is 38.9 Å². The van der Waals surface area contributed by atoms with Gasteiger partial charge in [-0.05, 0) is 23.2 Å². The molecule has 0 saturated heterocycles. The maximum atomic E-state index is 13.4. The van der Waals surface area contributed by atoms with Gasteiger partial charge in [-0.3, -0.25) is 0 Å². The Morgan fingerprint density at radius 2 is 1.43 bits per heavy atom. The first-order valence-electron chi connectivity index (χ1n) is 4.74. The van der Waals surface area contributed by atoms with Crippen molar-refractivity contribution in [3.63, 3.8) is 0 Å². The molecule has 122 valence electrons. The zero-order valence-corrected chi connectivity index (χ0v) is 11.7. The first kappa shape index (κ1) is 18.5. The number of nitrogen functional groups attached to an aromatic ring is 1. The van der Waals surface area contributed by atoms with E-state index in [1.165, 1.54) is 0 Å². The normalized spacial score (nSPS) is 14.6. The van der Waals surface area contributed by atoms with Crippen molar-refractivity contribution in [2.24, 2.45) is 0 Å². The summed E-state index contributed by atoms with van der Waals surface area (Å²) in [6.45, 7) is 0. The summed E-state index contributed by atoms with van der Waals surface area (Å²) in [5.41, 5.74) is 3.53. The van der Waals surface area contributed by atoms with Crippen molar-refractivity contribution in [3.05, 3.63) is 10.6 Å². The Hall–Kier alpha value is -0.550. The second-order valence-corrected chi connectivity index (χ2v) is 5.76. The van der Waals surface area contributed by atoms with Gasteiger partial charge in [-0.1, -0.05) is 11.3 Å². The van der Waals surface area contributed by atoms with Crippen molar-refractivity contribution in [2.45, 2.75) is 29.0 Å². The van der Waals surface area contributed by atoms with Crippen LogP contribution >= 0.6 is 34.5 Å². The predicted molar refractivity (Wildman–Crippen MR) is 60.7 cm³/mol. The molecule has 1 rings (SSSR count). The molecule has 0 aliphatic carbocycles. The van der Waals surface area contributed by atoms with Gasteiger partial charge in [0.25, 0.3) is 0 Å². The highest BCUT2D eigenvalue weighted by molar-refractivity contribution is 7.15. The fourth-order valence-electron chi connectivity index (χ4n) is 1.17. The fourth-order valence-corrected chi connectivity index (χ4v) is 2.25. The minimum atomic E-state index is -5.15. The van der Waals surface area contributed by atoms with Gasteiger partial charge in [0.15, 0.2) is 5.13 Å². The quantitative estimate of drug-likeness (QED) is 0.594. The van der Waals surface area contributed by atoms with Crippen molar-refractivity contribution in [1.82, 2.24) is 4.98 Å². The smallest absolute Gasteiger partial charge is 0.375 e. The molecule has 1 aromatic rings. The van der Waals surface area contributed by atoms with Crippen LogP contribution in [0.1, 0.15) is 10.6 Å². The minimum Gasteiger partial charge on any atom is -0.375 e. The van der Waals surface area contributed by atoms with Crippen LogP contribution in [0.2, 0.25) is 0 Å². The second-order valence-electron chi connectivity index (χ2n) is 3.78. The first-order chi connectivity index (χ1) is 9.09. The lowest BCUT2D eigenvalue weighted by atomic mass is 10.1. The zero-order chi connectivity index (χ0) is 16.9. The molecule has 0 atom stereocenters. The number of halogens is 10. The lowest BCUT2D eigenvalue weighted by molar-refractivity contribution is -0.167. The monoisotopic (exact) mass is 382 g/mol. The Balaban J connectivity index is 3.30. The summed E-state index contributed by atoms with van der Waals surface area (Å²) < 4.78 is 103. The van der Waals surface area contributed by atoms with E-state index in [0.717, 1.165) is 0 Å². The average Bonchev–Trinajstić information content (AvgIpc) is 2.55. The number of rotatable bonds is 5. The van der Waals surface area contributed by atoms with Gasteiger partial charge in [0.05, 0.1) is 12.1 Å². The van der Waals surface area contributed by atoms with Crippen LogP contribution in [0.3, 0.4) is 0 Å². The van der Waals surface area contributed by atoms with Crippen LogP contribution in [0.4, 0.5) is 40.3 Å². The van der Waals surface area contributed by atoms with Gasteiger partial charge in [0.1, 0.15) is 4.88 Å². The number of thiazole rings is 1. The average molecular weight is 383 g/mol. The molecule has 0 aliphatic rings. The third-order valence-electron chi connectivity index (χ3n) is 2.16. The van der Waals surface area contributed by atoms with E-state index < -0.39 is 44.7 Å². The molecule has 0 bridgehead atoms. The summed E-state index contributed by atoms with van der Waals surface area (Å²) in [4.78, 5) is 1.21. The van der Waals surface area contributed by atoms with Gasteiger partial charge in [-0.25, -0.2) is 4.98 Å². The Morgan fingerprint density at radius 1 is 0.952 bits per heavy atom. The Bertz CT molecular complexity index is 521. The van der Waals surface area contributed by atoms with E-state index in [4.69, 9.17) is 5.73 Å². The molecule has 2 nitrogen and oxygen atoms in total. The minimum absolute atomic E-state index is 0.270. The molecule has 0 spiro atoms. The lowest BCUT2D eigenvalue weighted by Crippen LogP contribution is -2.39. The third kappa shape index (κ3) is 3.62. The summed E-state index contributed by atoms with van der Waals surface area (Å²) in [7, 11) is 0. The molecule has 0 radical (unpaired) electrons. The fraction of sp³-hybridized carbons (Fsp3) is 0.625. The van der Waals surface area contributed by atoms with Crippen LogP contribution in [0.15, 0.2) is 0 Å². The number of alkyl halides is 10. The molecule has 0 saturated carbocycles. The zero-order valence-electron chi connectivity index (χ0n) is 9.42. The number of aromatic nitrogens is 1. The molecule has 1 aromatic heterocycles. The van der Waals surface area contributed by atoms with Gasteiger partial charge in [0, 0.05) is 0 Å². The Labute approximate surface area is 125 Å². The second kappa shape index (κ2) is 5.27. The number of hydrogen-bond acceptors (Lipinski definition) is 3. The van der Waals surface area contributed by atoms with Crippen LogP contribution in [0, 0.1) is 0 Å². The molecule has 0 aromatic carbocycles. The summed E-state index contributed by atoms with van der Waals surface area (Å²) in [6, 6.07) is 0. The van der Waals surface area contributed by atoms with Gasteiger partial charge in [0.2, 0.25) is 0 Å². The van der Waals surface area contributed by atoms with E-state index >= 15 is 0 Å². The van der Waals surface area contributed by atoms with Gasteiger partial charge >= 0.3 is 22.6 Å². The van der Waals surface area contributed by atoms with Gasteiger partial charge in [-0.2, -0.15) is 35.1 Å². The summed E-state index contributed by atoms with van der Waals surface area (Å²) >= 11 is 8.06. The summed E-state index contributed by atoms with van der Waals surface area (Å²) in [5.74, 6) is -10.1. The molecular formula is C8H4Cl2F8N2S. The highest BCUT2D eigenvalue weighted by atomic mass is 35.5. The van der Waals surface area contributed by atoms with Crippen molar-refractivity contribution in [1.29, 1.82) is 0 Å². The van der Waals surface area contributed by atoms with E-state index in [0.29, 0.717) is 0 Å². The van der Waals surface area contributed by atoms with Crippen LogP contribution in [0.5, 0.6) is 0 Å². The molecule has 2 N–H and O–H groups in total. The van der Waals surface area contributed by atoms with Crippen LogP contribution in [-0.4, -0.2) is 21.7 Å². The SMILES string of the molecule is Nc1nc(CC(F)(F)C(F)(F)Cl)c(C(F)(F)C(F)(F)Cl)s1. The largest absolute Gasteiger partial charge is 0.389 e. The van der Waals surface area contributed by atoms with Crippen molar-refractivity contribution in [2.75, 3.05) is 5.73 Å².